The Morgan fingerprint density at radius 2 is 1.79 bits per heavy atom. The third kappa shape index (κ3) is 6.41. The smallest absolute Gasteiger partial charge is 0.306 e. The first-order chi connectivity index (χ1) is 13.7. The first-order valence-electron chi connectivity index (χ1n) is 9.96. The van der Waals surface area contributed by atoms with Gasteiger partial charge in [0, 0.05) is 18.5 Å². The fourth-order valence-corrected chi connectivity index (χ4v) is 3.17. The summed E-state index contributed by atoms with van der Waals surface area (Å²) in [4.78, 5) is 23.1. The van der Waals surface area contributed by atoms with Crippen LogP contribution in [0.2, 0.25) is 0 Å². The predicted molar refractivity (Wildman–Crippen MR) is 108 cm³/mol. The maximum Gasteiger partial charge on any atom is 0.306 e. The number of unbranched alkanes of at least 4 members (excludes halogenated alkanes) is 3. The van der Waals surface area contributed by atoms with Crippen LogP contribution in [-0.2, 0) is 27.4 Å². The standard InChI is InChI=1S/C23H27NO4/c25-22-14-11-19-16-20(12-13-21(19)24-22)27-15-7-2-1-6-10-23(26)28-17-18-8-4-3-5-9-18/h3-5,8-9,12-13,16H,1-2,6-7,10-11,14-15,17H2,(H,24,25). The van der Waals surface area contributed by atoms with E-state index in [0.29, 0.717) is 26.1 Å². The van der Waals surface area contributed by atoms with Crippen molar-refractivity contribution < 1.29 is 19.1 Å². The van der Waals surface area contributed by atoms with E-state index in [9.17, 15) is 9.59 Å². The van der Waals surface area contributed by atoms with E-state index in [2.05, 4.69) is 5.32 Å². The summed E-state index contributed by atoms with van der Waals surface area (Å²) >= 11 is 0. The number of esters is 1. The Hall–Kier alpha value is -2.82. The van der Waals surface area contributed by atoms with Crippen molar-refractivity contribution in [3.63, 3.8) is 0 Å². The molecular formula is C23H27NO4. The molecule has 0 spiro atoms. The van der Waals surface area contributed by atoms with Gasteiger partial charge in [0.05, 0.1) is 6.61 Å². The van der Waals surface area contributed by atoms with E-state index in [4.69, 9.17) is 9.47 Å². The minimum atomic E-state index is -0.138. The van der Waals surface area contributed by atoms with E-state index in [0.717, 1.165) is 54.7 Å². The zero-order valence-electron chi connectivity index (χ0n) is 16.1. The lowest BCUT2D eigenvalue weighted by Crippen LogP contribution is -2.18. The summed E-state index contributed by atoms with van der Waals surface area (Å²) < 4.78 is 11.1. The van der Waals surface area contributed by atoms with Crippen LogP contribution in [0.1, 0.15) is 49.7 Å². The Balaban J connectivity index is 1.23. The van der Waals surface area contributed by atoms with Gasteiger partial charge in [-0.15, -0.1) is 0 Å². The molecular weight excluding hydrogens is 354 g/mol. The molecule has 28 heavy (non-hydrogen) atoms. The first kappa shape index (κ1) is 19.9. The number of hydrogen-bond donors (Lipinski definition) is 1. The van der Waals surface area contributed by atoms with Gasteiger partial charge in [0.1, 0.15) is 12.4 Å². The Morgan fingerprint density at radius 3 is 2.64 bits per heavy atom. The summed E-state index contributed by atoms with van der Waals surface area (Å²) in [5.74, 6) is 0.783. The lowest BCUT2D eigenvalue weighted by atomic mass is 10.0. The van der Waals surface area contributed by atoms with Crippen LogP contribution in [0, 0.1) is 0 Å². The molecule has 1 aliphatic rings. The Bertz CT molecular complexity index is 788. The number of anilines is 1. The fourth-order valence-electron chi connectivity index (χ4n) is 3.17. The van der Waals surface area contributed by atoms with Crippen LogP contribution in [0.15, 0.2) is 48.5 Å². The lowest BCUT2D eigenvalue weighted by molar-refractivity contribution is -0.145. The molecule has 0 saturated carbocycles. The molecule has 0 fully saturated rings. The second-order valence-corrected chi connectivity index (χ2v) is 7.03. The molecule has 5 nitrogen and oxygen atoms in total. The van der Waals surface area contributed by atoms with Gasteiger partial charge in [-0.1, -0.05) is 43.2 Å². The molecule has 1 heterocycles. The Labute approximate surface area is 166 Å². The zero-order valence-corrected chi connectivity index (χ0v) is 16.1. The number of fused-ring (bicyclic) bond motifs is 1. The largest absolute Gasteiger partial charge is 0.494 e. The number of rotatable bonds is 10. The maximum absolute atomic E-state index is 11.8. The summed E-state index contributed by atoms with van der Waals surface area (Å²) in [7, 11) is 0. The summed E-state index contributed by atoms with van der Waals surface area (Å²) in [6.45, 7) is 1.00. The van der Waals surface area contributed by atoms with Gasteiger partial charge >= 0.3 is 5.97 Å². The molecule has 0 atom stereocenters. The van der Waals surface area contributed by atoms with Crippen molar-refractivity contribution in [3.8, 4) is 5.75 Å². The van der Waals surface area contributed by atoms with E-state index in [1.165, 1.54) is 0 Å². The van der Waals surface area contributed by atoms with Gasteiger partial charge in [-0.3, -0.25) is 9.59 Å². The Morgan fingerprint density at radius 1 is 0.964 bits per heavy atom. The van der Waals surface area contributed by atoms with Crippen LogP contribution in [0.3, 0.4) is 0 Å². The van der Waals surface area contributed by atoms with E-state index in [1.807, 2.05) is 48.5 Å². The number of aryl methyl sites for hydroxylation is 1. The zero-order chi connectivity index (χ0) is 19.6. The lowest BCUT2D eigenvalue weighted by Gasteiger charge is -2.17. The molecule has 1 aliphatic heterocycles. The number of benzene rings is 2. The van der Waals surface area contributed by atoms with Crippen molar-refractivity contribution in [3.05, 3.63) is 59.7 Å². The molecule has 3 rings (SSSR count). The molecule has 148 valence electrons. The van der Waals surface area contributed by atoms with Gasteiger partial charge in [-0.05, 0) is 48.6 Å². The summed E-state index contributed by atoms with van der Waals surface area (Å²) in [5.41, 5.74) is 3.03. The number of hydrogen-bond acceptors (Lipinski definition) is 4. The van der Waals surface area contributed by atoms with Crippen molar-refractivity contribution in [2.75, 3.05) is 11.9 Å². The third-order valence-electron chi connectivity index (χ3n) is 4.76. The van der Waals surface area contributed by atoms with Crippen molar-refractivity contribution >= 4 is 17.6 Å². The van der Waals surface area contributed by atoms with Crippen LogP contribution in [0.4, 0.5) is 5.69 Å². The minimum absolute atomic E-state index is 0.0742. The summed E-state index contributed by atoms with van der Waals surface area (Å²) in [6.07, 6.45) is 5.55. The molecule has 0 aromatic heterocycles. The number of ether oxygens (including phenoxy) is 2. The SMILES string of the molecule is O=C1CCc2cc(OCCCCCCC(=O)OCc3ccccc3)ccc2N1. The van der Waals surface area contributed by atoms with Gasteiger partial charge in [0.15, 0.2) is 0 Å². The van der Waals surface area contributed by atoms with Crippen LogP contribution < -0.4 is 10.1 Å². The van der Waals surface area contributed by atoms with Crippen LogP contribution in [0.5, 0.6) is 5.75 Å². The van der Waals surface area contributed by atoms with E-state index in [1.54, 1.807) is 0 Å². The van der Waals surface area contributed by atoms with E-state index in [-0.39, 0.29) is 11.9 Å². The third-order valence-corrected chi connectivity index (χ3v) is 4.76. The highest BCUT2D eigenvalue weighted by Gasteiger charge is 2.14. The second kappa shape index (κ2) is 10.5. The fraction of sp³-hybridized carbons (Fsp3) is 0.391. The van der Waals surface area contributed by atoms with Crippen LogP contribution in [0.25, 0.3) is 0 Å². The monoisotopic (exact) mass is 381 g/mol. The topological polar surface area (TPSA) is 64.6 Å². The maximum atomic E-state index is 11.8. The number of carbonyl (C=O) groups is 2. The molecule has 0 unspecified atom stereocenters. The highest BCUT2D eigenvalue weighted by Crippen LogP contribution is 2.26. The molecule has 2 aromatic rings. The van der Waals surface area contributed by atoms with E-state index >= 15 is 0 Å². The van der Waals surface area contributed by atoms with Gasteiger partial charge in [-0.2, -0.15) is 0 Å². The molecule has 0 saturated heterocycles. The Kier molecular flexibility index (Phi) is 7.47. The normalized spacial score (nSPS) is 12.8. The highest BCUT2D eigenvalue weighted by atomic mass is 16.5. The van der Waals surface area contributed by atoms with Crippen LogP contribution in [-0.4, -0.2) is 18.5 Å². The highest BCUT2D eigenvalue weighted by molar-refractivity contribution is 5.93. The van der Waals surface area contributed by atoms with Gasteiger partial charge in [-0.25, -0.2) is 0 Å². The number of carbonyl (C=O) groups excluding carboxylic acids is 2. The average Bonchev–Trinajstić information content (AvgIpc) is 2.72. The molecule has 5 heteroatoms. The van der Waals surface area contributed by atoms with Crippen molar-refractivity contribution in [2.45, 2.75) is 51.6 Å². The number of nitrogens with one attached hydrogen (secondary N) is 1. The molecule has 0 aliphatic carbocycles. The molecule has 1 amide bonds. The van der Waals surface area contributed by atoms with Crippen molar-refractivity contribution in [2.24, 2.45) is 0 Å². The van der Waals surface area contributed by atoms with E-state index < -0.39 is 0 Å². The molecule has 1 N–H and O–H groups in total. The summed E-state index contributed by atoms with van der Waals surface area (Å²) in [5, 5.41) is 2.87. The first-order valence-corrected chi connectivity index (χ1v) is 9.96. The van der Waals surface area contributed by atoms with Crippen molar-refractivity contribution in [1.29, 1.82) is 0 Å². The molecule has 2 aromatic carbocycles. The second-order valence-electron chi connectivity index (χ2n) is 7.03. The minimum Gasteiger partial charge on any atom is -0.494 e. The quantitative estimate of drug-likeness (QED) is 0.481. The van der Waals surface area contributed by atoms with Gasteiger partial charge in [0.2, 0.25) is 5.91 Å². The van der Waals surface area contributed by atoms with Gasteiger partial charge < -0.3 is 14.8 Å². The average molecular weight is 381 g/mol. The van der Waals surface area contributed by atoms with Crippen LogP contribution >= 0.6 is 0 Å². The molecule has 0 radical (unpaired) electrons. The number of amides is 1. The summed E-state index contributed by atoms with van der Waals surface area (Å²) in [6, 6.07) is 15.5. The van der Waals surface area contributed by atoms with Crippen molar-refractivity contribution in [1.82, 2.24) is 0 Å². The predicted octanol–water partition coefficient (Wildman–Crippen LogP) is 4.64. The van der Waals surface area contributed by atoms with Gasteiger partial charge in [0.25, 0.3) is 0 Å². The molecule has 0 bridgehead atoms.